The smallest absolute Gasteiger partial charge is 0.408 e. The topological polar surface area (TPSA) is 144 Å². The Kier molecular flexibility index (Phi) is 12.1. The number of esters is 4. The summed E-state index contributed by atoms with van der Waals surface area (Å²) < 4.78 is 27.6. The van der Waals surface area contributed by atoms with E-state index in [1.807, 2.05) is 0 Å². The summed E-state index contributed by atoms with van der Waals surface area (Å²) >= 11 is 0. The van der Waals surface area contributed by atoms with Crippen molar-refractivity contribution in [2.24, 2.45) is 10.8 Å². The maximum atomic E-state index is 13.6. The first-order chi connectivity index (χ1) is 21.1. The third-order valence-electron chi connectivity index (χ3n) is 6.41. The van der Waals surface area contributed by atoms with Crippen molar-refractivity contribution >= 4 is 30.0 Å². The van der Waals surface area contributed by atoms with Crippen LogP contribution in [0.4, 0.5) is 4.79 Å². The monoisotopic (exact) mass is 641 g/mol. The molecular weight excluding hydrogens is 594 g/mol. The zero-order valence-corrected chi connectivity index (χ0v) is 28.7. The van der Waals surface area contributed by atoms with Crippen molar-refractivity contribution in [2.75, 3.05) is 7.11 Å². The average Bonchev–Trinajstić information content (AvgIpc) is 2.91. The molecule has 0 spiro atoms. The fourth-order valence-electron chi connectivity index (χ4n) is 4.11. The summed E-state index contributed by atoms with van der Waals surface area (Å²) in [5.74, 6) is -2.67. The molecule has 1 unspecified atom stereocenters. The number of carbonyl (C=O) groups excluding carboxylic acids is 5. The number of methoxy groups -OCH3 is 1. The van der Waals surface area contributed by atoms with Gasteiger partial charge in [0.2, 0.25) is 0 Å². The molecule has 252 valence electrons. The summed E-state index contributed by atoms with van der Waals surface area (Å²) in [7, 11) is 1.17. The lowest BCUT2D eigenvalue weighted by atomic mass is 9.85. The number of nitrogens with one attached hydrogen (secondary N) is 1. The van der Waals surface area contributed by atoms with E-state index < -0.39 is 58.0 Å². The molecule has 2 aromatic carbocycles. The van der Waals surface area contributed by atoms with Gasteiger partial charge in [0.05, 0.1) is 23.5 Å². The third-order valence-corrected chi connectivity index (χ3v) is 6.41. The van der Waals surface area contributed by atoms with Gasteiger partial charge in [-0.3, -0.25) is 9.59 Å². The van der Waals surface area contributed by atoms with Crippen LogP contribution in [0.3, 0.4) is 0 Å². The van der Waals surface area contributed by atoms with Crippen molar-refractivity contribution in [2.45, 2.75) is 99.3 Å². The molecule has 11 nitrogen and oxygen atoms in total. The number of amides is 1. The molecule has 0 saturated heterocycles. The number of benzene rings is 2. The largest absolute Gasteiger partial charge is 0.467 e. The van der Waals surface area contributed by atoms with Gasteiger partial charge in [0, 0.05) is 12.8 Å². The lowest BCUT2D eigenvalue weighted by molar-refractivity contribution is -0.150. The van der Waals surface area contributed by atoms with Crippen LogP contribution in [0.2, 0.25) is 0 Å². The number of ether oxygens (including phenoxy) is 5. The Balaban J connectivity index is 2.61. The lowest BCUT2D eigenvalue weighted by Gasteiger charge is -2.35. The molecule has 0 bridgehead atoms. The van der Waals surface area contributed by atoms with Crippen molar-refractivity contribution in [3.63, 3.8) is 0 Å². The summed E-state index contributed by atoms with van der Waals surface area (Å²) in [4.78, 5) is 65.2. The number of rotatable bonds is 10. The number of hydrogen-bond acceptors (Lipinski definition) is 10. The molecule has 2 atom stereocenters. The van der Waals surface area contributed by atoms with Crippen LogP contribution in [0.5, 0.6) is 11.5 Å². The minimum absolute atomic E-state index is 0.00444. The van der Waals surface area contributed by atoms with Gasteiger partial charge in [0.25, 0.3) is 0 Å². The van der Waals surface area contributed by atoms with Crippen LogP contribution in [-0.2, 0) is 35.0 Å². The Hall–Kier alpha value is -4.41. The van der Waals surface area contributed by atoms with Crippen LogP contribution in [0.25, 0.3) is 0 Å². The second-order valence-corrected chi connectivity index (χ2v) is 14.2. The Morgan fingerprint density at radius 2 is 1.28 bits per heavy atom. The SMILES string of the molecule is COC(=O)[C@](Cc1ccc(OC(=O)C(C)(C)C)c(OC(=O)C(C)(C)C)c1)(CC(C)OC(=O)c1ccccc1)NC(=O)OC(C)(C)C. The molecule has 0 radical (unpaired) electrons. The highest BCUT2D eigenvalue weighted by Gasteiger charge is 2.45. The molecule has 2 rings (SSSR count). The first-order valence-corrected chi connectivity index (χ1v) is 15.0. The number of hydrogen-bond donors (Lipinski definition) is 1. The Bertz CT molecular complexity index is 1410. The number of carbonyl (C=O) groups is 5. The summed E-state index contributed by atoms with van der Waals surface area (Å²) in [6, 6.07) is 12.8. The van der Waals surface area contributed by atoms with Crippen molar-refractivity contribution < 1.29 is 47.7 Å². The number of alkyl carbamates (subject to hydrolysis) is 1. The van der Waals surface area contributed by atoms with Gasteiger partial charge in [-0.1, -0.05) is 24.3 Å². The maximum Gasteiger partial charge on any atom is 0.408 e. The molecular formula is C35H47NO10. The first-order valence-electron chi connectivity index (χ1n) is 15.0. The van der Waals surface area contributed by atoms with E-state index in [9.17, 15) is 24.0 Å². The molecule has 1 N–H and O–H groups in total. The molecule has 46 heavy (non-hydrogen) atoms. The predicted octanol–water partition coefficient (Wildman–Crippen LogP) is 6.20. The minimum atomic E-state index is -1.82. The zero-order valence-electron chi connectivity index (χ0n) is 28.7. The van der Waals surface area contributed by atoms with E-state index in [2.05, 4.69) is 5.32 Å². The highest BCUT2D eigenvalue weighted by atomic mass is 16.6. The molecule has 0 heterocycles. The fraction of sp³-hybridized carbons (Fsp3) is 0.514. The van der Waals surface area contributed by atoms with Gasteiger partial charge in [-0.15, -0.1) is 0 Å². The summed E-state index contributed by atoms with van der Waals surface area (Å²) in [5.41, 5.74) is -3.76. The van der Waals surface area contributed by atoms with E-state index >= 15 is 0 Å². The molecule has 11 heteroatoms. The van der Waals surface area contributed by atoms with Crippen LogP contribution in [0.15, 0.2) is 48.5 Å². The second kappa shape index (κ2) is 14.8. The van der Waals surface area contributed by atoms with E-state index in [0.29, 0.717) is 11.1 Å². The van der Waals surface area contributed by atoms with Crippen LogP contribution in [-0.4, -0.2) is 54.3 Å². The van der Waals surface area contributed by atoms with Gasteiger partial charge < -0.3 is 29.0 Å². The highest BCUT2D eigenvalue weighted by molar-refractivity contribution is 5.90. The molecule has 0 aliphatic carbocycles. The summed E-state index contributed by atoms with van der Waals surface area (Å²) in [6.07, 6.45) is -2.23. The molecule has 1 amide bonds. The molecule has 0 aliphatic rings. The maximum absolute atomic E-state index is 13.6. The van der Waals surface area contributed by atoms with Gasteiger partial charge in [-0.05, 0) is 99.1 Å². The van der Waals surface area contributed by atoms with Gasteiger partial charge in [-0.25, -0.2) is 14.4 Å². The quantitative estimate of drug-likeness (QED) is 0.181. The Morgan fingerprint density at radius 3 is 1.78 bits per heavy atom. The van der Waals surface area contributed by atoms with E-state index in [-0.39, 0.29) is 24.3 Å². The molecule has 0 aromatic heterocycles. The van der Waals surface area contributed by atoms with Crippen molar-refractivity contribution in [3.05, 3.63) is 59.7 Å². The van der Waals surface area contributed by atoms with E-state index in [0.717, 1.165) is 0 Å². The Labute approximate surface area is 271 Å². The van der Waals surface area contributed by atoms with Crippen LogP contribution < -0.4 is 14.8 Å². The second-order valence-electron chi connectivity index (χ2n) is 14.2. The fourth-order valence-corrected chi connectivity index (χ4v) is 4.11. The van der Waals surface area contributed by atoms with Crippen molar-refractivity contribution in [1.29, 1.82) is 0 Å². The minimum Gasteiger partial charge on any atom is -0.467 e. The van der Waals surface area contributed by atoms with Crippen LogP contribution in [0.1, 0.15) is 91.6 Å². The predicted molar refractivity (Wildman–Crippen MR) is 170 cm³/mol. The molecule has 0 saturated carbocycles. The normalized spacial score (nSPS) is 13.8. The average molecular weight is 642 g/mol. The first kappa shape index (κ1) is 37.8. The van der Waals surface area contributed by atoms with Gasteiger partial charge in [0.15, 0.2) is 11.5 Å². The van der Waals surface area contributed by atoms with E-state index in [4.69, 9.17) is 23.7 Å². The molecule has 0 fully saturated rings. The zero-order chi connectivity index (χ0) is 35.1. The van der Waals surface area contributed by atoms with Crippen molar-refractivity contribution in [3.8, 4) is 11.5 Å². The highest BCUT2D eigenvalue weighted by Crippen LogP contribution is 2.35. The summed E-state index contributed by atoms with van der Waals surface area (Å²) in [6.45, 7) is 16.7. The molecule has 0 aliphatic heterocycles. The van der Waals surface area contributed by atoms with Gasteiger partial charge >= 0.3 is 30.0 Å². The van der Waals surface area contributed by atoms with Crippen molar-refractivity contribution in [1.82, 2.24) is 5.32 Å². The Morgan fingerprint density at radius 1 is 0.739 bits per heavy atom. The molecule has 2 aromatic rings. The van der Waals surface area contributed by atoms with Crippen LogP contribution in [0, 0.1) is 10.8 Å². The standard InChI is InChI=1S/C35H47NO10/c1-22(43-27(37)24-15-13-12-14-16-24)20-35(30(40)42-11,36-31(41)46-34(8,9)10)21-23-17-18-25(44-28(38)32(2,3)4)26(19-23)45-29(39)33(5,6)7/h12-19,22H,20-21H2,1-11H3,(H,36,41)/t22?,35-/m1/s1. The third kappa shape index (κ3) is 11.2. The lowest BCUT2D eigenvalue weighted by Crippen LogP contribution is -2.59. The van der Waals surface area contributed by atoms with Crippen LogP contribution >= 0.6 is 0 Å². The van der Waals surface area contributed by atoms with E-state index in [1.165, 1.54) is 19.2 Å². The summed E-state index contributed by atoms with van der Waals surface area (Å²) in [5, 5.41) is 2.66. The van der Waals surface area contributed by atoms with Gasteiger partial charge in [-0.2, -0.15) is 0 Å². The van der Waals surface area contributed by atoms with Gasteiger partial charge in [0.1, 0.15) is 17.2 Å². The van der Waals surface area contributed by atoms with E-state index in [1.54, 1.807) is 106 Å².